The number of pyridine rings is 1. The van der Waals surface area contributed by atoms with E-state index in [9.17, 15) is 9.59 Å². The number of nitrogens with one attached hydrogen (secondary N) is 1. The third-order valence-electron chi connectivity index (χ3n) is 2.50. The summed E-state index contributed by atoms with van der Waals surface area (Å²) >= 11 is 0. The van der Waals surface area contributed by atoms with E-state index in [-0.39, 0.29) is 24.6 Å². The predicted octanol–water partition coefficient (Wildman–Crippen LogP) is 1.08. The summed E-state index contributed by atoms with van der Waals surface area (Å²) in [5, 5.41) is 11.0. The van der Waals surface area contributed by atoms with Crippen LogP contribution in [0.3, 0.4) is 0 Å². The largest absolute Gasteiger partial charge is 0.481 e. The molecule has 0 saturated heterocycles. The van der Waals surface area contributed by atoms with Crippen molar-refractivity contribution in [1.82, 2.24) is 14.9 Å². The zero-order valence-electron chi connectivity index (χ0n) is 10.1. The molecular weight excluding hydrogens is 246 g/mol. The van der Waals surface area contributed by atoms with Crippen molar-refractivity contribution in [2.24, 2.45) is 0 Å². The fourth-order valence-electron chi connectivity index (χ4n) is 1.58. The van der Waals surface area contributed by atoms with E-state index in [0.717, 1.165) is 5.69 Å². The lowest BCUT2D eigenvalue weighted by atomic mass is 10.3. The number of amides is 1. The molecule has 0 spiro atoms. The number of hydrogen-bond acceptors (Lipinski definition) is 3. The molecule has 2 N–H and O–H groups in total. The predicted molar refractivity (Wildman–Crippen MR) is 68.2 cm³/mol. The molecule has 6 heteroatoms. The minimum Gasteiger partial charge on any atom is -0.481 e. The lowest BCUT2D eigenvalue weighted by Crippen LogP contribution is -2.26. The second kappa shape index (κ2) is 5.81. The number of carbonyl (C=O) groups is 2. The first-order valence-corrected chi connectivity index (χ1v) is 5.76. The van der Waals surface area contributed by atoms with E-state index in [4.69, 9.17) is 5.11 Å². The molecule has 0 unspecified atom stereocenters. The molecule has 0 aliphatic heterocycles. The van der Waals surface area contributed by atoms with Crippen molar-refractivity contribution in [3.05, 3.63) is 48.5 Å². The van der Waals surface area contributed by atoms with E-state index >= 15 is 0 Å². The lowest BCUT2D eigenvalue weighted by Gasteiger charge is -2.06. The smallest absolute Gasteiger partial charge is 0.305 e. The number of aliphatic carboxylic acids is 1. The molecule has 1 amide bonds. The van der Waals surface area contributed by atoms with Crippen molar-refractivity contribution in [3.63, 3.8) is 0 Å². The molecule has 98 valence electrons. The Balaban J connectivity index is 2.06. The number of carbonyl (C=O) groups excluding carboxylic acids is 1. The normalized spacial score (nSPS) is 10.1. The van der Waals surface area contributed by atoms with Gasteiger partial charge in [0.2, 0.25) is 0 Å². The van der Waals surface area contributed by atoms with E-state index in [1.165, 1.54) is 0 Å². The molecule has 2 aromatic rings. The minimum absolute atomic E-state index is 0.0869. The Kier molecular flexibility index (Phi) is 3.92. The van der Waals surface area contributed by atoms with Gasteiger partial charge in [0.05, 0.1) is 6.42 Å². The fourth-order valence-corrected chi connectivity index (χ4v) is 1.58. The van der Waals surface area contributed by atoms with Crippen LogP contribution < -0.4 is 5.32 Å². The number of nitrogens with zero attached hydrogens (tertiary/aromatic N) is 2. The summed E-state index contributed by atoms with van der Waals surface area (Å²) in [7, 11) is 0. The van der Waals surface area contributed by atoms with Gasteiger partial charge in [-0.1, -0.05) is 0 Å². The highest BCUT2D eigenvalue weighted by atomic mass is 16.4. The third kappa shape index (κ3) is 3.41. The Morgan fingerprint density at radius 2 is 2.05 bits per heavy atom. The van der Waals surface area contributed by atoms with Crippen LogP contribution in [-0.2, 0) is 4.79 Å². The van der Waals surface area contributed by atoms with Crippen LogP contribution in [-0.4, -0.2) is 33.1 Å². The summed E-state index contributed by atoms with van der Waals surface area (Å²) in [6.45, 7) is 0.0869. The Morgan fingerprint density at radius 3 is 2.74 bits per heavy atom. The molecule has 0 fully saturated rings. The first kappa shape index (κ1) is 12.8. The zero-order valence-corrected chi connectivity index (χ0v) is 10.1. The van der Waals surface area contributed by atoms with Crippen molar-refractivity contribution < 1.29 is 14.7 Å². The molecule has 0 atom stereocenters. The Morgan fingerprint density at radius 1 is 1.32 bits per heavy atom. The first-order chi connectivity index (χ1) is 9.16. The maximum absolute atomic E-state index is 11.8. The van der Waals surface area contributed by atoms with Crippen LogP contribution in [0.5, 0.6) is 0 Å². The van der Waals surface area contributed by atoms with Crippen LogP contribution >= 0.6 is 0 Å². The molecule has 2 aromatic heterocycles. The Labute approximate surface area is 109 Å². The van der Waals surface area contributed by atoms with Gasteiger partial charge in [-0.3, -0.25) is 14.6 Å². The van der Waals surface area contributed by atoms with Gasteiger partial charge in [0, 0.05) is 30.8 Å². The number of aromatic nitrogens is 2. The summed E-state index contributed by atoms with van der Waals surface area (Å²) in [4.78, 5) is 26.1. The average molecular weight is 259 g/mol. The molecule has 2 heterocycles. The van der Waals surface area contributed by atoms with E-state index in [1.54, 1.807) is 18.3 Å². The van der Waals surface area contributed by atoms with Crippen molar-refractivity contribution in [2.45, 2.75) is 6.42 Å². The maximum Gasteiger partial charge on any atom is 0.305 e. The zero-order chi connectivity index (χ0) is 13.7. The van der Waals surface area contributed by atoms with Crippen molar-refractivity contribution in [2.75, 3.05) is 6.54 Å². The molecule has 0 radical (unpaired) electrons. The van der Waals surface area contributed by atoms with Gasteiger partial charge in [-0.15, -0.1) is 0 Å². The number of hydrogen-bond donors (Lipinski definition) is 2. The maximum atomic E-state index is 11.8. The molecular formula is C13H13N3O3. The molecule has 0 aliphatic carbocycles. The third-order valence-corrected chi connectivity index (χ3v) is 2.50. The fraction of sp³-hybridized carbons (Fsp3) is 0.154. The van der Waals surface area contributed by atoms with Gasteiger partial charge < -0.3 is 15.0 Å². The van der Waals surface area contributed by atoms with Crippen molar-refractivity contribution >= 4 is 11.9 Å². The summed E-state index contributed by atoms with van der Waals surface area (Å²) < 4.78 is 1.86. The van der Waals surface area contributed by atoms with E-state index in [1.807, 2.05) is 29.1 Å². The summed E-state index contributed by atoms with van der Waals surface area (Å²) in [6, 6.07) is 7.20. The van der Waals surface area contributed by atoms with Crippen LogP contribution in [0.25, 0.3) is 5.69 Å². The lowest BCUT2D eigenvalue weighted by molar-refractivity contribution is -0.136. The second-order valence-corrected chi connectivity index (χ2v) is 3.89. The molecule has 0 bridgehead atoms. The summed E-state index contributed by atoms with van der Waals surface area (Å²) in [6.07, 6.45) is 5.16. The highest BCUT2D eigenvalue weighted by molar-refractivity contribution is 5.92. The van der Waals surface area contributed by atoms with Gasteiger partial charge in [0.25, 0.3) is 5.91 Å². The molecule has 6 nitrogen and oxygen atoms in total. The Hall–Kier alpha value is -2.63. The van der Waals surface area contributed by atoms with Gasteiger partial charge in [-0.2, -0.15) is 0 Å². The molecule has 2 rings (SSSR count). The number of carboxylic acids is 1. The highest BCUT2D eigenvalue weighted by Gasteiger charge is 2.08. The average Bonchev–Trinajstić information content (AvgIpc) is 2.92. The number of rotatable bonds is 5. The Bertz CT molecular complexity index is 579. The van der Waals surface area contributed by atoms with Crippen LogP contribution in [0.15, 0.2) is 42.9 Å². The second-order valence-electron chi connectivity index (χ2n) is 3.89. The molecule has 0 aromatic carbocycles. The van der Waals surface area contributed by atoms with Crippen LogP contribution in [0.4, 0.5) is 0 Å². The topological polar surface area (TPSA) is 84.2 Å². The van der Waals surface area contributed by atoms with Crippen molar-refractivity contribution in [3.8, 4) is 5.69 Å². The van der Waals surface area contributed by atoms with Gasteiger partial charge in [-0.05, 0) is 24.3 Å². The van der Waals surface area contributed by atoms with Gasteiger partial charge in [0.15, 0.2) is 0 Å². The van der Waals surface area contributed by atoms with Gasteiger partial charge in [0.1, 0.15) is 5.69 Å². The van der Waals surface area contributed by atoms with E-state index in [2.05, 4.69) is 10.3 Å². The van der Waals surface area contributed by atoms with Gasteiger partial charge >= 0.3 is 5.97 Å². The highest BCUT2D eigenvalue weighted by Crippen LogP contribution is 2.08. The molecule has 19 heavy (non-hydrogen) atoms. The molecule has 0 aliphatic rings. The first-order valence-electron chi connectivity index (χ1n) is 5.76. The van der Waals surface area contributed by atoms with E-state index < -0.39 is 5.97 Å². The van der Waals surface area contributed by atoms with Gasteiger partial charge in [-0.25, -0.2) is 0 Å². The van der Waals surface area contributed by atoms with Crippen LogP contribution in [0, 0.1) is 0 Å². The summed E-state index contributed by atoms with van der Waals surface area (Å²) in [5.41, 5.74) is 1.08. The standard InChI is InChI=1S/C13H13N3O3/c17-12(18)4-6-15-13(19)11-9-10(3-5-14-11)16-7-1-2-8-16/h1-3,5,7-9H,4,6H2,(H,15,19)(H,17,18). The quantitative estimate of drug-likeness (QED) is 0.841. The van der Waals surface area contributed by atoms with E-state index in [0.29, 0.717) is 0 Å². The van der Waals surface area contributed by atoms with Crippen LogP contribution in [0.2, 0.25) is 0 Å². The monoisotopic (exact) mass is 259 g/mol. The van der Waals surface area contributed by atoms with Crippen LogP contribution in [0.1, 0.15) is 16.9 Å². The molecule has 0 saturated carbocycles. The summed E-state index contributed by atoms with van der Waals surface area (Å²) in [5.74, 6) is -1.33. The minimum atomic E-state index is -0.950. The van der Waals surface area contributed by atoms with Crippen molar-refractivity contribution in [1.29, 1.82) is 0 Å². The SMILES string of the molecule is O=C(O)CCNC(=O)c1cc(-n2cccc2)ccn1. The number of carboxylic acid groups (broad SMARTS) is 1.